The lowest BCUT2D eigenvalue weighted by Gasteiger charge is -2.33. The van der Waals surface area contributed by atoms with Crippen LogP contribution in [0.15, 0.2) is 52.4 Å². The molecule has 48 heavy (non-hydrogen) atoms. The Hall–Kier alpha value is -3.01. The average Bonchev–Trinajstić information content (AvgIpc) is 3.86. The van der Waals surface area contributed by atoms with Gasteiger partial charge in [-0.3, -0.25) is 4.99 Å². The molecule has 4 heterocycles. The van der Waals surface area contributed by atoms with E-state index >= 15 is 0 Å². The predicted molar refractivity (Wildman–Crippen MR) is 184 cm³/mol. The third kappa shape index (κ3) is 8.40. The normalized spacial score (nSPS) is 25.4. The number of hydrogen-bond acceptors (Lipinski definition) is 11. The Morgan fingerprint density at radius 3 is 2.71 bits per heavy atom. The highest BCUT2D eigenvalue weighted by Gasteiger charge is 2.44. The van der Waals surface area contributed by atoms with Gasteiger partial charge in [0.25, 0.3) is 0 Å². The van der Waals surface area contributed by atoms with Crippen LogP contribution in [-0.4, -0.2) is 107 Å². The van der Waals surface area contributed by atoms with Crippen molar-refractivity contribution in [1.29, 1.82) is 0 Å². The zero-order chi connectivity index (χ0) is 33.8. The highest BCUT2D eigenvalue weighted by Crippen LogP contribution is 2.35. The number of thioether (sulfide) groups is 1. The predicted octanol–water partition coefficient (Wildman–Crippen LogP) is 3.74. The molecule has 1 amide bonds. The number of rotatable bonds is 14. The molecule has 2 N–H and O–H groups in total. The summed E-state index contributed by atoms with van der Waals surface area (Å²) in [5.74, 6) is 6.91. The Balaban J connectivity index is 1.17. The van der Waals surface area contributed by atoms with Crippen molar-refractivity contribution < 1.29 is 42.5 Å². The van der Waals surface area contributed by atoms with Crippen LogP contribution in [0.5, 0.6) is 17.2 Å². The molecule has 0 aliphatic carbocycles. The number of ether oxygens (including phenoxy) is 6. The van der Waals surface area contributed by atoms with E-state index < -0.39 is 34.1 Å². The summed E-state index contributed by atoms with van der Waals surface area (Å²) in [4.78, 5) is 18.3. The summed E-state index contributed by atoms with van der Waals surface area (Å²) >= 11 is 1.74. The summed E-state index contributed by atoms with van der Waals surface area (Å²) in [6.07, 6.45) is -1.57. The molecule has 2 saturated heterocycles. The SMILES string of the molecule is C=S(=O)(c1ccc2c(c1)OCO2)N(CC(C)C)C[C@@H](O)[C@H](Cc1ccc(OCC2CSC(C)=N2)cc1)NC(=O)O[C@@H]1CO[C@H]2OCC[C@H]21. The van der Waals surface area contributed by atoms with Gasteiger partial charge in [-0.05, 0) is 61.4 Å². The van der Waals surface area contributed by atoms with E-state index in [1.165, 1.54) is 0 Å². The number of fused-ring (bicyclic) bond motifs is 2. The molecule has 7 atom stereocenters. The fourth-order valence-electron chi connectivity index (χ4n) is 6.24. The number of carbonyl (C=O) groups is 1. The number of hydrogen-bond donors (Lipinski definition) is 2. The van der Waals surface area contributed by atoms with E-state index in [2.05, 4.69) is 16.2 Å². The third-order valence-corrected chi connectivity index (χ3v) is 12.0. The van der Waals surface area contributed by atoms with Gasteiger partial charge in [-0.2, -0.15) is 0 Å². The van der Waals surface area contributed by atoms with Crippen LogP contribution >= 0.6 is 11.8 Å². The molecule has 14 heteroatoms. The number of amides is 1. The molecule has 4 aliphatic rings. The molecule has 2 unspecified atom stereocenters. The highest BCUT2D eigenvalue weighted by molar-refractivity contribution is 8.14. The molecule has 0 aromatic heterocycles. The van der Waals surface area contributed by atoms with Crippen molar-refractivity contribution >= 4 is 38.5 Å². The number of aliphatic hydroxyl groups is 1. The first kappa shape index (κ1) is 34.8. The summed E-state index contributed by atoms with van der Waals surface area (Å²) in [6.45, 7) is 7.79. The van der Waals surface area contributed by atoms with Crippen molar-refractivity contribution in [2.24, 2.45) is 16.8 Å². The fraction of sp³-hybridized carbons (Fsp3) is 0.559. The van der Waals surface area contributed by atoms with Gasteiger partial charge in [-0.25, -0.2) is 13.3 Å². The maximum Gasteiger partial charge on any atom is 0.407 e. The molecular weight excluding hydrogens is 659 g/mol. The minimum atomic E-state index is -3.06. The van der Waals surface area contributed by atoms with Crippen LogP contribution in [0.2, 0.25) is 0 Å². The number of carbonyl (C=O) groups excluding carboxylic acids is 1. The van der Waals surface area contributed by atoms with Crippen LogP contribution < -0.4 is 19.5 Å². The van der Waals surface area contributed by atoms with Crippen LogP contribution in [0.25, 0.3) is 0 Å². The molecular formula is C34H45N3O9S2. The summed E-state index contributed by atoms with van der Waals surface area (Å²) in [6, 6.07) is 12.0. The second kappa shape index (κ2) is 15.3. The van der Waals surface area contributed by atoms with Gasteiger partial charge in [-0.1, -0.05) is 26.0 Å². The molecule has 2 fully saturated rings. The van der Waals surface area contributed by atoms with E-state index in [0.717, 1.165) is 22.8 Å². The van der Waals surface area contributed by atoms with Gasteiger partial charge in [-0.15, -0.1) is 11.8 Å². The highest BCUT2D eigenvalue weighted by atomic mass is 32.2. The number of aliphatic imine (C=N–C) groups is 1. The second-order valence-corrected chi connectivity index (χ2v) is 16.4. The van der Waals surface area contributed by atoms with Crippen molar-refractivity contribution in [3.05, 3.63) is 48.0 Å². The Labute approximate surface area is 286 Å². The lowest BCUT2D eigenvalue weighted by molar-refractivity contribution is -0.0907. The van der Waals surface area contributed by atoms with Crippen LogP contribution in [0.3, 0.4) is 0 Å². The quantitative estimate of drug-likeness (QED) is 0.280. The molecule has 2 aromatic carbocycles. The van der Waals surface area contributed by atoms with Crippen molar-refractivity contribution in [1.82, 2.24) is 9.62 Å². The average molecular weight is 704 g/mol. The largest absolute Gasteiger partial charge is 0.491 e. The first-order chi connectivity index (χ1) is 23.0. The lowest BCUT2D eigenvalue weighted by atomic mass is 10.0. The Morgan fingerprint density at radius 2 is 1.96 bits per heavy atom. The number of nitrogens with one attached hydrogen (secondary N) is 1. The van der Waals surface area contributed by atoms with E-state index in [0.29, 0.717) is 41.9 Å². The molecule has 6 rings (SSSR count). The van der Waals surface area contributed by atoms with Gasteiger partial charge in [0.15, 0.2) is 17.8 Å². The van der Waals surface area contributed by atoms with E-state index in [1.807, 2.05) is 45.0 Å². The lowest BCUT2D eigenvalue weighted by Crippen LogP contribution is -2.51. The van der Waals surface area contributed by atoms with Gasteiger partial charge in [0.1, 0.15) is 18.5 Å². The molecule has 262 valence electrons. The smallest absolute Gasteiger partial charge is 0.407 e. The number of nitrogens with zero attached hydrogens (tertiary/aromatic N) is 2. The number of benzene rings is 2. The van der Waals surface area contributed by atoms with E-state index in [-0.39, 0.29) is 50.5 Å². The van der Waals surface area contributed by atoms with Crippen molar-refractivity contribution in [2.75, 3.05) is 45.5 Å². The monoisotopic (exact) mass is 703 g/mol. The van der Waals surface area contributed by atoms with Gasteiger partial charge in [0, 0.05) is 29.8 Å². The van der Waals surface area contributed by atoms with Crippen molar-refractivity contribution in [3.8, 4) is 17.2 Å². The molecule has 0 spiro atoms. The summed E-state index contributed by atoms with van der Waals surface area (Å²) in [5.41, 5.74) is 0.868. The molecule has 0 radical (unpaired) electrons. The van der Waals surface area contributed by atoms with E-state index in [9.17, 15) is 14.1 Å². The van der Waals surface area contributed by atoms with Crippen LogP contribution in [0.4, 0.5) is 4.79 Å². The molecule has 12 nitrogen and oxygen atoms in total. The Morgan fingerprint density at radius 1 is 1.17 bits per heavy atom. The molecule has 4 aliphatic heterocycles. The Bertz CT molecular complexity index is 1570. The van der Waals surface area contributed by atoms with Crippen molar-refractivity contribution in [2.45, 2.75) is 69.1 Å². The van der Waals surface area contributed by atoms with Crippen molar-refractivity contribution in [3.63, 3.8) is 0 Å². The maximum atomic E-state index is 14.4. The standard InChI is InChI=1S/C34H45N3O9S2/c1-21(2)15-37(48(4,40)26-9-10-30-31(14-26)45-20-44-30)16-29(38)28(36-34(39)46-32-18-43-33-27(32)11-12-41-33)13-23-5-7-25(8-6-23)42-17-24-19-47-22(3)35-24/h5-10,14,21,24,27-29,32-33,38H,4,11-13,15-20H2,1-3H3,(H,36,39)/t24?,27-,28-,29+,32+,33+,48?/m0/s1. The molecule has 0 bridgehead atoms. The fourth-order valence-corrected chi connectivity index (χ4v) is 8.87. The topological polar surface area (TPSA) is 137 Å². The first-order valence-corrected chi connectivity index (χ1v) is 19.0. The zero-order valence-corrected chi connectivity index (χ0v) is 29.2. The summed E-state index contributed by atoms with van der Waals surface area (Å²) in [5, 5.41) is 15.7. The third-order valence-electron chi connectivity index (χ3n) is 8.77. The maximum absolute atomic E-state index is 14.4. The zero-order valence-electron chi connectivity index (χ0n) is 27.6. The van der Waals surface area contributed by atoms with Crippen LogP contribution in [-0.2, 0) is 30.3 Å². The van der Waals surface area contributed by atoms with E-state index in [1.54, 1.807) is 34.3 Å². The van der Waals surface area contributed by atoms with Gasteiger partial charge in [0.05, 0.1) is 52.1 Å². The Kier molecular flexibility index (Phi) is 11.1. The summed E-state index contributed by atoms with van der Waals surface area (Å²) in [7, 11) is -3.06. The minimum absolute atomic E-state index is 0.0223. The van der Waals surface area contributed by atoms with Gasteiger partial charge in [0.2, 0.25) is 6.79 Å². The molecule has 0 saturated carbocycles. The van der Waals surface area contributed by atoms with E-state index in [4.69, 9.17) is 28.4 Å². The first-order valence-electron chi connectivity index (χ1n) is 16.3. The van der Waals surface area contributed by atoms with Crippen LogP contribution in [0, 0.1) is 11.8 Å². The minimum Gasteiger partial charge on any atom is -0.491 e. The second-order valence-electron chi connectivity index (χ2n) is 13.0. The number of aliphatic hydroxyl groups excluding tert-OH is 1. The van der Waals surface area contributed by atoms with Crippen LogP contribution in [0.1, 0.15) is 32.8 Å². The summed E-state index contributed by atoms with van der Waals surface area (Å²) < 4.78 is 50.0. The number of alkyl carbamates (subject to hydrolysis) is 1. The van der Waals surface area contributed by atoms with Gasteiger partial charge < -0.3 is 38.8 Å². The van der Waals surface area contributed by atoms with Gasteiger partial charge >= 0.3 is 6.09 Å². The molecule has 2 aromatic rings.